The Balaban J connectivity index is 1.37. The lowest BCUT2D eigenvalue weighted by Gasteiger charge is -2.17. The highest BCUT2D eigenvalue weighted by Crippen LogP contribution is 2.27. The van der Waals surface area contributed by atoms with E-state index in [9.17, 15) is 9.59 Å². The van der Waals surface area contributed by atoms with Gasteiger partial charge >= 0.3 is 5.97 Å². The van der Waals surface area contributed by atoms with E-state index >= 15 is 0 Å². The van der Waals surface area contributed by atoms with Gasteiger partial charge < -0.3 is 9.64 Å². The van der Waals surface area contributed by atoms with Gasteiger partial charge in [-0.25, -0.2) is 4.68 Å². The molecule has 0 radical (unpaired) electrons. The minimum atomic E-state index is -0.517. The first kappa shape index (κ1) is 15.3. The zero-order valence-electron chi connectivity index (χ0n) is 13.5. The number of ether oxygens (including phenoxy) is 1. The molecule has 0 unspecified atom stereocenters. The summed E-state index contributed by atoms with van der Waals surface area (Å²) < 4.78 is 6.60. The Morgan fingerprint density at radius 2 is 1.88 bits per heavy atom. The number of rotatable bonds is 4. The number of esters is 1. The molecule has 1 amide bonds. The highest BCUT2D eigenvalue weighted by molar-refractivity contribution is 5.97. The van der Waals surface area contributed by atoms with Crippen molar-refractivity contribution in [3.05, 3.63) is 54.1 Å². The van der Waals surface area contributed by atoms with Gasteiger partial charge in [-0.15, -0.1) is 5.10 Å². The van der Waals surface area contributed by atoms with Crippen LogP contribution in [0.4, 0.5) is 5.69 Å². The summed E-state index contributed by atoms with van der Waals surface area (Å²) in [6.45, 7) is 0.258. The second-order valence-electron chi connectivity index (χ2n) is 5.82. The Labute approximate surface area is 143 Å². The van der Waals surface area contributed by atoms with E-state index in [2.05, 4.69) is 10.3 Å². The molecule has 2 aromatic carbocycles. The molecular formula is C18H16N4O3. The highest BCUT2D eigenvalue weighted by atomic mass is 16.5. The van der Waals surface area contributed by atoms with Gasteiger partial charge in [-0.1, -0.05) is 35.5 Å². The third-order valence-electron chi connectivity index (χ3n) is 4.24. The molecule has 3 aromatic rings. The van der Waals surface area contributed by atoms with Crippen LogP contribution in [-0.4, -0.2) is 40.0 Å². The smallest absolute Gasteiger partial charge is 0.328 e. The third kappa shape index (κ3) is 2.96. The van der Waals surface area contributed by atoms with Crippen molar-refractivity contribution in [1.82, 2.24) is 15.0 Å². The minimum Gasteiger partial charge on any atom is -0.454 e. The Hall–Kier alpha value is -3.22. The number of fused-ring (bicyclic) bond motifs is 2. The predicted octanol–water partition coefficient (Wildman–Crippen LogP) is 1.56. The zero-order chi connectivity index (χ0) is 17.2. The van der Waals surface area contributed by atoms with E-state index in [1.807, 2.05) is 48.5 Å². The number of amides is 1. The highest BCUT2D eigenvalue weighted by Gasteiger charge is 2.24. The maximum atomic E-state index is 12.3. The molecule has 126 valence electrons. The standard InChI is InChI=1S/C18H16N4O3/c23-17(21-10-9-13-5-1-3-7-15(13)21)12-25-18(24)11-22-16-8-4-2-6-14(16)19-20-22/h1-8H,9-12H2. The zero-order valence-corrected chi connectivity index (χ0v) is 13.5. The van der Waals surface area contributed by atoms with E-state index in [1.54, 1.807) is 4.90 Å². The molecule has 4 rings (SSSR count). The van der Waals surface area contributed by atoms with Crippen LogP contribution in [0.15, 0.2) is 48.5 Å². The van der Waals surface area contributed by atoms with Gasteiger partial charge in [0.25, 0.3) is 5.91 Å². The van der Waals surface area contributed by atoms with E-state index < -0.39 is 5.97 Å². The lowest BCUT2D eigenvalue weighted by Crippen LogP contribution is -2.33. The number of hydrogen-bond acceptors (Lipinski definition) is 5. The lowest BCUT2D eigenvalue weighted by atomic mass is 10.2. The van der Waals surface area contributed by atoms with Gasteiger partial charge in [0.05, 0.1) is 5.52 Å². The molecule has 1 aliphatic heterocycles. The maximum absolute atomic E-state index is 12.3. The number of hydrogen-bond donors (Lipinski definition) is 0. The van der Waals surface area contributed by atoms with Crippen LogP contribution in [0.1, 0.15) is 5.56 Å². The van der Waals surface area contributed by atoms with Crippen LogP contribution in [0, 0.1) is 0 Å². The van der Waals surface area contributed by atoms with E-state index in [1.165, 1.54) is 4.68 Å². The van der Waals surface area contributed by atoms with Crippen molar-refractivity contribution in [2.45, 2.75) is 13.0 Å². The summed E-state index contributed by atoms with van der Waals surface area (Å²) in [7, 11) is 0. The molecule has 0 bridgehead atoms. The number of carbonyl (C=O) groups excluding carboxylic acids is 2. The Morgan fingerprint density at radius 1 is 1.08 bits per heavy atom. The van der Waals surface area contributed by atoms with Crippen LogP contribution in [0.3, 0.4) is 0 Å². The average molecular weight is 336 g/mol. The monoisotopic (exact) mass is 336 g/mol. The van der Waals surface area contributed by atoms with Crippen LogP contribution in [0.5, 0.6) is 0 Å². The first-order valence-electron chi connectivity index (χ1n) is 8.04. The number of anilines is 1. The van der Waals surface area contributed by atoms with Crippen LogP contribution in [0.25, 0.3) is 11.0 Å². The van der Waals surface area contributed by atoms with Crippen molar-refractivity contribution < 1.29 is 14.3 Å². The van der Waals surface area contributed by atoms with Gasteiger partial charge in [0, 0.05) is 12.2 Å². The fraction of sp³-hybridized carbons (Fsp3) is 0.222. The lowest BCUT2D eigenvalue weighted by molar-refractivity contribution is -0.148. The summed E-state index contributed by atoms with van der Waals surface area (Å²) in [5.74, 6) is -0.738. The maximum Gasteiger partial charge on any atom is 0.328 e. The SMILES string of the molecule is O=C(Cn1nnc2ccccc21)OCC(=O)N1CCc2ccccc21. The van der Waals surface area contributed by atoms with Crippen molar-refractivity contribution in [3.8, 4) is 0 Å². The van der Waals surface area contributed by atoms with Gasteiger partial charge in [0.1, 0.15) is 12.1 Å². The van der Waals surface area contributed by atoms with Gasteiger partial charge in [0.2, 0.25) is 0 Å². The normalized spacial score (nSPS) is 13.0. The van der Waals surface area contributed by atoms with E-state index in [-0.39, 0.29) is 19.1 Å². The molecule has 0 saturated heterocycles. The summed E-state index contributed by atoms with van der Waals surface area (Å²) >= 11 is 0. The number of aromatic nitrogens is 3. The van der Waals surface area contributed by atoms with Crippen molar-refractivity contribution in [2.75, 3.05) is 18.1 Å². The van der Waals surface area contributed by atoms with Gasteiger partial charge in [0.15, 0.2) is 6.61 Å². The largest absolute Gasteiger partial charge is 0.454 e. The van der Waals surface area contributed by atoms with Gasteiger partial charge in [-0.3, -0.25) is 9.59 Å². The minimum absolute atomic E-state index is 0.0790. The molecule has 0 N–H and O–H groups in total. The van der Waals surface area contributed by atoms with Gasteiger partial charge in [-0.05, 0) is 30.2 Å². The summed E-state index contributed by atoms with van der Waals surface area (Å²) in [4.78, 5) is 26.0. The third-order valence-corrected chi connectivity index (χ3v) is 4.24. The van der Waals surface area contributed by atoms with Crippen molar-refractivity contribution in [2.24, 2.45) is 0 Å². The molecule has 1 aliphatic rings. The number of benzene rings is 2. The fourth-order valence-electron chi connectivity index (χ4n) is 3.02. The summed E-state index contributed by atoms with van der Waals surface area (Å²) in [5.41, 5.74) is 3.49. The molecule has 0 aliphatic carbocycles. The predicted molar refractivity (Wildman–Crippen MR) is 91.0 cm³/mol. The van der Waals surface area contributed by atoms with Gasteiger partial charge in [-0.2, -0.15) is 0 Å². The van der Waals surface area contributed by atoms with Crippen LogP contribution >= 0.6 is 0 Å². The quantitative estimate of drug-likeness (QED) is 0.676. The van der Waals surface area contributed by atoms with E-state index in [0.717, 1.165) is 23.2 Å². The molecule has 2 heterocycles. The van der Waals surface area contributed by atoms with E-state index in [4.69, 9.17) is 4.74 Å². The summed E-state index contributed by atoms with van der Waals surface area (Å²) in [6.07, 6.45) is 0.820. The Morgan fingerprint density at radius 3 is 2.80 bits per heavy atom. The Kier molecular flexibility index (Phi) is 3.89. The molecular weight excluding hydrogens is 320 g/mol. The van der Waals surface area contributed by atoms with Crippen molar-refractivity contribution in [1.29, 1.82) is 0 Å². The number of nitrogens with zero attached hydrogens (tertiary/aromatic N) is 4. The topological polar surface area (TPSA) is 77.3 Å². The van der Waals surface area contributed by atoms with Crippen molar-refractivity contribution >= 4 is 28.6 Å². The summed E-state index contributed by atoms with van der Waals surface area (Å²) in [5, 5.41) is 7.93. The molecule has 7 nitrogen and oxygen atoms in total. The first-order chi connectivity index (χ1) is 12.2. The first-order valence-corrected chi connectivity index (χ1v) is 8.04. The van der Waals surface area contributed by atoms with Crippen LogP contribution in [-0.2, 0) is 27.3 Å². The molecule has 25 heavy (non-hydrogen) atoms. The molecule has 0 fully saturated rings. The van der Waals surface area contributed by atoms with Crippen LogP contribution in [0.2, 0.25) is 0 Å². The average Bonchev–Trinajstić information content (AvgIpc) is 3.24. The van der Waals surface area contributed by atoms with E-state index in [0.29, 0.717) is 12.1 Å². The molecule has 0 atom stereocenters. The number of carbonyl (C=O) groups is 2. The number of para-hydroxylation sites is 2. The Bertz CT molecular complexity index is 950. The molecule has 0 saturated carbocycles. The second kappa shape index (κ2) is 6.35. The molecule has 0 spiro atoms. The van der Waals surface area contributed by atoms with Crippen molar-refractivity contribution in [3.63, 3.8) is 0 Å². The molecule has 7 heteroatoms. The molecule has 1 aromatic heterocycles. The summed E-state index contributed by atoms with van der Waals surface area (Å²) in [6, 6.07) is 15.1. The second-order valence-corrected chi connectivity index (χ2v) is 5.82. The fourth-order valence-corrected chi connectivity index (χ4v) is 3.02. The van der Waals surface area contributed by atoms with Crippen LogP contribution < -0.4 is 4.90 Å².